The van der Waals surface area contributed by atoms with Gasteiger partial charge in [-0.25, -0.2) is 4.98 Å². The van der Waals surface area contributed by atoms with E-state index in [0.717, 1.165) is 64.5 Å². The molecule has 0 aliphatic carbocycles. The molecule has 1 aromatic heterocycles. The number of anilines is 1. The van der Waals surface area contributed by atoms with Gasteiger partial charge in [0.2, 0.25) is 0 Å². The third-order valence-corrected chi connectivity index (χ3v) is 6.02. The Labute approximate surface area is 180 Å². The maximum absolute atomic E-state index is 12.5. The lowest BCUT2D eigenvalue weighted by molar-refractivity contribution is 0.1000. The van der Waals surface area contributed by atoms with Gasteiger partial charge < -0.3 is 24.8 Å². The minimum atomic E-state index is -0.423. The smallest absolute Gasteiger partial charge is 0.251 e. The summed E-state index contributed by atoms with van der Waals surface area (Å²) in [5.41, 5.74) is 12.8. The molecular weight excluding hydrogens is 392 g/mol. The number of imidazole rings is 1. The second-order valence-electron chi connectivity index (χ2n) is 8.38. The number of fused-ring (bicyclic) bond motifs is 1. The molecule has 0 saturated carbocycles. The molecule has 2 aliphatic heterocycles. The highest BCUT2D eigenvalue weighted by Crippen LogP contribution is 2.44. The van der Waals surface area contributed by atoms with E-state index in [1.54, 1.807) is 0 Å². The first-order chi connectivity index (χ1) is 14.9. The monoisotopic (exact) mass is 418 g/mol. The first kappa shape index (κ1) is 19.6. The van der Waals surface area contributed by atoms with Crippen molar-refractivity contribution >= 4 is 34.5 Å². The Morgan fingerprint density at radius 1 is 1.23 bits per heavy atom. The average molecular weight is 419 g/mol. The lowest BCUT2D eigenvalue weighted by atomic mass is 9.93. The molecule has 0 unspecified atom stereocenters. The molecule has 8 nitrogen and oxygen atoms in total. The van der Waals surface area contributed by atoms with Crippen LogP contribution in [-0.2, 0) is 13.0 Å². The van der Waals surface area contributed by atoms with Crippen LogP contribution in [-0.4, -0.2) is 67.4 Å². The van der Waals surface area contributed by atoms with Gasteiger partial charge in [-0.1, -0.05) is 0 Å². The summed E-state index contributed by atoms with van der Waals surface area (Å²) in [6.45, 7) is 3.05. The number of primary amides is 1. The van der Waals surface area contributed by atoms with Crippen LogP contribution in [0.5, 0.6) is 5.75 Å². The summed E-state index contributed by atoms with van der Waals surface area (Å²) in [6.07, 6.45) is 4.30. The van der Waals surface area contributed by atoms with Gasteiger partial charge in [0.05, 0.1) is 35.3 Å². The summed E-state index contributed by atoms with van der Waals surface area (Å²) in [5, 5.41) is 0. The molecule has 2 aromatic carbocycles. The number of nitrogens with two attached hydrogens (primary N) is 1. The van der Waals surface area contributed by atoms with Crippen molar-refractivity contribution in [2.75, 3.05) is 45.7 Å². The highest BCUT2D eigenvalue weighted by molar-refractivity contribution is 6.07. The second kappa shape index (κ2) is 7.39. The van der Waals surface area contributed by atoms with E-state index >= 15 is 0 Å². The predicted octanol–water partition coefficient (Wildman–Crippen LogP) is 2.45. The van der Waals surface area contributed by atoms with Crippen molar-refractivity contribution in [1.82, 2.24) is 14.5 Å². The van der Waals surface area contributed by atoms with Gasteiger partial charge in [-0.05, 0) is 43.4 Å². The topological polar surface area (TPSA) is 89.0 Å². The predicted molar refractivity (Wildman–Crippen MR) is 123 cm³/mol. The minimum Gasteiger partial charge on any atom is -0.489 e. The SMILES string of the molecule is CN(C)CCN(C)c1cc(-c2cc3c4c(c2)ncn4CCO3)c2c(c1C(N)=O)CC=N2. The summed E-state index contributed by atoms with van der Waals surface area (Å²) in [7, 11) is 6.06. The Hall–Kier alpha value is -3.39. The molecule has 31 heavy (non-hydrogen) atoms. The van der Waals surface area contributed by atoms with Gasteiger partial charge in [-0.3, -0.25) is 9.79 Å². The Bertz CT molecular complexity index is 1230. The molecule has 2 aliphatic rings. The number of carbonyl (C=O) groups excluding carboxylic acids is 1. The van der Waals surface area contributed by atoms with Gasteiger partial charge >= 0.3 is 0 Å². The van der Waals surface area contributed by atoms with Crippen LogP contribution in [0, 0.1) is 0 Å². The van der Waals surface area contributed by atoms with Crippen molar-refractivity contribution in [3.63, 3.8) is 0 Å². The fourth-order valence-corrected chi connectivity index (χ4v) is 4.41. The molecule has 5 rings (SSSR count). The molecule has 0 atom stereocenters. The number of ether oxygens (including phenoxy) is 1. The number of carbonyl (C=O) groups is 1. The fraction of sp³-hybridized carbons (Fsp3) is 0.348. The van der Waals surface area contributed by atoms with E-state index < -0.39 is 5.91 Å². The number of amides is 1. The third kappa shape index (κ3) is 3.23. The van der Waals surface area contributed by atoms with E-state index in [-0.39, 0.29) is 0 Å². The summed E-state index contributed by atoms with van der Waals surface area (Å²) in [4.78, 5) is 25.9. The van der Waals surface area contributed by atoms with Crippen LogP contribution in [0.25, 0.3) is 22.2 Å². The van der Waals surface area contributed by atoms with Gasteiger partial charge in [0.1, 0.15) is 17.9 Å². The zero-order valence-corrected chi connectivity index (χ0v) is 18.1. The molecule has 0 spiro atoms. The molecule has 8 heteroatoms. The third-order valence-electron chi connectivity index (χ3n) is 6.02. The highest BCUT2D eigenvalue weighted by atomic mass is 16.5. The Balaban J connectivity index is 1.70. The number of nitrogens with zero attached hydrogens (tertiary/aromatic N) is 5. The van der Waals surface area contributed by atoms with Crippen LogP contribution < -0.4 is 15.4 Å². The number of hydrogen-bond acceptors (Lipinski definition) is 6. The van der Waals surface area contributed by atoms with E-state index in [1.165, 1.54) is 0 Å². The minimum absolute atomic E-state index is 0.423. The van der Waals surface area contributed by atoms with Crippen molar-refractivity contribution in [3.05, 3.63) is 35.7 Å². The van der Waals surface area contributed by atoms with Gasteiger partial charge in [-0.2, -0.15) is 0 Å². The number of likely N-dealkylation sites (N-methyl/N-ethyl adjacent to an activating group) is 2. The van der Waals surface area contributed by atoms with E-state index in [2.05, 4.69) is 36.5 Å². The van der Waals surface area contributed by atoms with Crippen molar-refractivity contribution in [2.45, 2.75) is 13.0 Å². The lowest BCUT2D eigenvalue weighted by Crippen LogP contribution is -2.30. The number of rotatable bonds is 6. The van der Waals surface area contributed by atoms with E-state index in [1.807, 2.05) is 39.8 Å². The number of benzene rings is 2. The molecule has 0 saturated heterocycles. The van der Waals surface area contributed by atoms with Gasteiger partial charge in [0.25, 0.3) is 5.91 Å². The molecule has 0 fully saturated rings. The maximum Gasteiger partial charge on any atom is 0.251 e. The first-order valence-corrected chi connectivity index (χ1v) is 10.4. The van der Waals surface area contributed by atoms with Crippen LogP contribution in [0.1, 0.15) is 15.9 Å². The quantitative estimate of drug-likeness (QED) is 0.664. The Morgan fingerprint density at radius 3 is 2.84 bits per heavy atom. The van der Waals surface area contributed by atoms with Gasteiger partial charge in [0, 0.05) is 38.3 Å². The van der Waals surface area contributed by atoms with Gasteiger partial charge in [-0.15, -0.1) is 0 Å². The van der Waals surface area contributed by atoms with Crippen molar-refractivity contribution in [3.8, 4) is 16.9 Å². The van der Waals surface area contributed by atoms with Crippen LogP contribution in [0.2, 0.25) is 0 Å². The molecule has 0 bridgehead atoms. The van der Waals surface area contributed by atoms with Crippen molar-refractivity contribution < 1.29 is 9.53 Å². The number of aromatic nitrogens is 2. The van der Waals surface area contributed by atoms with Crippen molar-refractivity contribution in [2.24, 2.45) is 10.7 Å². The molecule has 160 valence electrons. The van der Waals surface area contributed by atoms with E-state index in [4.69, 9.17) is 10.5 Å². The molecule has 1 amide bonds. The molecule has 0 radical (unpaired) electrons. The normalized spacial score (nSPS) is 14.2. The first-order valence-electron chi connectivity index (χ1n) is 10.4. The summed E-state index contributed by atoms with van der Waals surface area (Å²) < 4.78 is 8.07. The van der Waals surface area contributed by atoms with Crippen LogP contribution in [0.3, 0.4) is 0 Å². The maximum atomic E-state index is 12.5. The second-order valence-corrected chi connectivity index (χ2v) is 8.38. The Kier molecular flexibility index (Phi) is 4.66. The number of hydrogen-bond donors (Lipinski definition) is 1. The summed E-state index contributed by atoms with van der Waals surface area (Å²) in [5.74, 6) is 0.404. The molecule has 3 aromatic rings. The average Bonchev–Trinajstić information content (AvgIpc) is 3.39. The summed E-state index contributed by atoms with van der Waals surface area (Å²) >= 11 is 0. The van der Waals surface area contributed by atoms with Gasteiger partial charge in [0.15, 0.2) is 0 Å². The van der Waals surface area contributed by atoms with Crippen LogP contribution in [0.15, 0.2) is 29.5 Å². The van der Waals surface area contributed by atoms with Crippen LogP contribution in [0.4, 0.5) is 11.4 Å². The number of aliphatic imine (C=N–C) groups is 1. The zero-order chi connectivity index (χ0) is 21.7. The zero-order valence-electron chi connectivity index (χ0n) is 18.1. The lowest BCUT2D eigenvalue weighted by Gasteiger charge is -2.26. The Morgan fingerprint density at radius 2 is 2.06 bits per heavy atom. The van der Waals surface area contributed by atoms with Crippen LogP contribution >= 0.6 is 0 Å². The molecule has 3 heterocycles. The summed E-state index contributed by atoms with van der Waals surface area (Å²) in [6, 6.07) is 6.16. The van der Waals surface area contributed by atoms with Crippen molar-refractivity contribution in [1.29, 1.82) is 0 Å². The van der Waals surface area contributed by atoms with E-state index in [9.17, 15) is 4.79 Å². The van der Waals surface area contributed by atoms with E-state index in [0.29, 0.717) is 18.6 Å². The molecular formula is C23H26N6O2. The largest absolute Gasteiger partial charge is 0.489 e. The fourth-order valence-electron chi connectivity index (χ4n) is 4.41. The highest BCUT2D eigenvalue weighted by Gasteiger charge is 2.26. The standard InChI is InChI=1S/C23H26N6O2/c1-27(2)6-7-28(3)18-12-16(21-15(4-5-25-21)20(18)23(24)30)14-10-17-22-19(11-14)31-9-8-29(22)13-26-17/h5,10-13H,4,6-9H2,1-3H3,(H2,24,30). The molecule has 2 N–H and O–H groups in total.